The molecular weight excluding hydrogens is 470 g/mol. The Morgan fingerprint density at radius 2 is 1.94 bits per heavy atom. The fourth-order valence-electron chi connectivity index (χ4n) is 3.18. The molecule has 0 radical (unpaired) electrons. The highest BCUT2D eigenvalue weighted by Crippen LogP contribution is 2.23. The molecule has 1 atom stereocenters. The minimum Gasteiger partial charge on any atom is -0.507 e. The lowest BCUT2D eigenvalue weighted by molar-refractivity contribution is -0.139. The molecule has 1 aliphatic rings. The standard InChI is InChI=1S/C24H29N5O7/c30-20-13-17(35-12-11-27-23-25-9-4-10-26-23)7-8-18(20)21(31)28-14-19(22(32)33)29-24(34)36-15-16-5-2-1-3-6-16/h1-3,5-8,13,19,30H,4,9-12,14-15H2,(H,28,31)(H,29,34)(H,32,33)(H2,25,26,27). The zero-order valence-corrected chi connectivity index (χ0v) is 19.5. The topological polar surface area (TPSA) is 171 Å². The molecule has 0 aromatic heterocycles. The first kappa shape index (κ1) is 26.1. The SMILES string of the molecule is O=C(NC(CNC(=O)c1ccc(OCCNC2=NCCCN2)cc1O)C(=O)O)OCc1ccccc1. The van der Waals surface area contributed by atoms with E-state index in [-0.39, 0.29) is 17.9 Å². The van der Waals surface area contributed by atoms with E-state index in [1.165, 1.54) is 18.2 Å². The molecule has 0 bridgehead atoms. The minimum absolute atomic E-state index is 0.0324. The maximum atomic E-state index is 12.5. The van der Waals surface area contributed by atoms with Gasteiger partial charge >= 0.3 is 12.1 Å². The average Bonchev–Trinajstić information content (AvgIpc) is 2.88. The summed E-state index contributed by atoms with van der Waals surface area (Å²) < 4.78 is 10.6. The van der Waals surface area contributed by atoms with Crippen molar-refractivity contribution in [1.82, 2.24) is 21.3 Å². The third-order valence-electron chi connectivity index (χ3n) is 5.04. The average molecular weight is 500 g/mol. The molecule has 1 aliphatic heterocycles. The van der Waals surface area contributed by atoms with Crippen molar-refractivity contribution >= 4 is 23.9 Å². The van der Waals surface area contributed by atoms with Crippen molar-refractivity contribution < 1.29 is 34.1 Å². The number of alkyl carbamates (subject to hydrolysis) is 1. The van der Waals surface area contributed by atoms with Crippen LogP contribution in [0.2, 0.25) is 0 Å². The molecule has 6 N–H and O–H groups in total. The van der Waals surface area contributed by atoms with Gasteiger partial charge in [0.25, 0.3) is 5.91 Å². The minimum atomic E-state index is -1.43. The zero-order valence-electron chi connectivity index (χ0n) is 19.5. The molecule has 0 aliphatic carbocycles. The number of carboxylic acids is 1. The Morgan fingerprint density at radius 3 is 2.64 bits per heavy atom. The smallest absolute Gasteiger partial charge is 0.408 e. The van der Waals surface area contributed by atoms with Crippen LogP contribution in [0, 0.1) is 0 Å². The predicted octanol–water partition coefficient (Wildman–Crippen LogP) is 0.819. The third kappa shape index (κ3) is 8.38. The maximum absolute atomic E-state index is 12.5. The molecule has 12 nitrogen and oxygen atoms in total. The number of hydrogen-bond donors (Lipinski definition) is 6. The summed E-state index contributed by atoms with van der Waals surface area (Å²) in [5.41, 5.74) is 0.666. The second-order valence-electron chi connectivity index (χ2n) is 7.77. The summed E-state index contributed by atoms with van der Waals surface area (Å²) in [5.74, 6) is -1.33. The van der Waals surface area contributed by atoms with Gasteiger partial charge in [-0.2, -0.15) is 0 Å². The van der Waals surface area contributed by atoms with Gasteiger partial charge in [0.1, 0.15) is 30.8 Å². The Bertz CT molecular complexity index is 1080. The first-order valence-corrected chi connectivity index (χ1v) is 11.4. The highest BCUT2D eigenvalue weighted by molar-refractivity contribution is 5.97. The van der Waals surface area contributed by atoms with Gasteiger partial charge in [0.2, 0.25) is 0 Å². The Hall–Kier alpha value is -4.48. The van der Waals surface area contributed by atoms with Gasteiger partial charge in [-0.15, -0.1) is 0 Å². The lowest BCUT2D eigenvalue weighted by Crippen LogP contribution is -2.48. The first-order valence-electron chi connectivity index (χ1n) is 11.4. The van der Waals surface area contributed by atoms with Crippen LogP contribution in [0.25, 0.3) is 0 Å². The molecule has 0 saturated carbocycles. The molecular formula is C24H29N5O7. The summed E-state index contributed by atoms with van der Waals surface area (Å²) in [5, 5.41) is 30.4. The Labute approximate surface area is 207 Å². The lowest BCUT2D eigenvalue weighted by atomic mass is 10.1. The van der Waals surface area contributed by atoms with Crippen molar-refractivity contribution in [2.45, 2.75) is 19.1 Å². The van der Waals surface area contributed by atoms with E-state index < -0.39 is 30.6 Å². The van der Waals surface area contributed by atoms with Crippen LogP contribution in [0.3, 0.4) is 0 Å². The van der Waals surface area contributed by atoms with Gasteiger partial charge in [-0.25, -0.2) is 9.59 Å². The number of hydrogen-bond acceptors (Lipinski definition) is 9. The van der Waals surface area contributed by atoms with Gasteiger partial charge in [-0.05, 0) is 24.1 Å². The van der Waals surface area contributed by atoms with E-state index in [0.717, 1.165) is 31.0 Å². The van der Waals surface area contributed by atoms with Crippen molar-refractivity contribution in [2.75, 3.05) is 32.8 Å². The van der Waals surface area contributed by atoms with Crippen molar-refractivity contribution in [3.63, 3.8) is 0 Å². The molecule has 0 saturated heterocycles. The molecule has 1 unspecified atom stereocenters. The number of nitrogens with zero attached hydrogens (tertiary/aromatic N) is 1. The molecule has 0 fully saturated rings. The summed E-state index contributed by atoms with van der Waals surface area (Å²) in [6.07, 6.45) is 0.0565. The van der Waals surface area contributed by atoms with Gasteiger partial charge in [-0.1, -0.05) is 30.3 Å². The van der Waals surface area contributed by atoms with Gasteiger partial charge in [0.15, 0.2) is 5.96 Å². The highest BCUT2D eigenvalue weighted by atomic mass is 16.5. The molecule has 192 valence electrons. The molecule has 0 spiro atoms. The van der Waals surface area contributed by atoms with E-state index in [4.69, 9.17) is 9.47 Å². The third-order valence-corrected chi connectivity index (χ3v) is 5.04. The van der Waals surface area contributed by atoms with Gasteiger partial charge < -0.3 is 41.0 Å². The number of ether oxygens (including phenoxy) is 2. The number of benzene rings is 2. The Balaban J connectivity index is 1.43. The molecule has 2 aromatic rings. The number of carbonyl (C=O) groups excluding carboxylic acids is 2. The Morgan fingerprint density at radius 1 is 1.14 bits per heavy atom. The van der Waals surface area contributed by atoms with E-state index in [9.17, 15) is 24.6 Å². The normalized spacial score (nSPS) is 13.4. The van der Waals surface area contributed by atoms with Crippen molar-refractivity contribution in [2.24, 2.45) is 4.99 Å². The van der Waals surface area contributed by atoms with E-state index in [1.807, 2.05) is 6.07 Å². The fourth-order valence-corrected chi connectivity index (χ4v) is 3.18. The monoisotopic (exact) mass is 499 g/mol. The van der Waals surface area contributed by atoms with E-state index in [0.29, 0.717) is 18.9 Å². The molecule has 2 aromatic carbocycles. The number of phenols is 1. The van der Waals surface area contributed by atoms with Crippen LogP contribution in [-0.4, -0.2) is 73.0 Å². The molecule has 3 rings (SSSR count). The summed E-state index contributed by atoms with van der Waals surface area (Å²) in [4.78, 5) is 40.2. The largest absolute Gasteiger partial charge is 0.507 e. The van der Waals surface area contributed by atoms with Crippen molar-refractivity contribution in [3.05, 3.63) is 59.7 Å². The number of guanidine groups is 1. The van der Waals surface area contributed by atoms with Gasteiger partial charge in [0.05, 0.1) is 12.1 Å². The van der Waals surface area contributed by atoms with E-state index >= 15 is 0 Å². The molecule has 36 heavy (non-hydrogen) atoms. The fraction of sp³-hybridized carbons (Fsp3) is 0.333. The number of aromatic hydroxyl groups is 1. The van der Waals surface area contributed by atoms with E-state index in [1.54, 1.807) is 24.3 Å². The lowest BCUT2D eigenvalue weighted by Gasteiger charge is -2.16. The second kappa shape index (κ2) is 13.4. The number of aliphatic carboxylic acids is 1. The van der Waals surface area contributed by atoms with Crippen LogP contribution >= 0.6 is 0 Å². The molecule has 1 heterocycles. The Kier molecular flexibility index (Phi) is 9.74. The van der Waals surface area contributed by atoms with Crippen molar-refractivity contribution in [1.29, 1.82) is 0 Å². The number of carboxylic acid groups (broad SMARTS) is 1. The molecule has 2 amide bonds. The number of carbonyl (C=O) groups is 3. The van der Waals surface area contributed by atoms with Gasteiger partial charge in [-0.3, -0.25) is 9.79 Å². The van der Waals surface area contributed by atoms with Crippen LogP contribution in [-0.2, 0) is 16.1 Å². The van der Waals surface area contributed by atoms with Crippen LogP contribution in [0.1, 0.15) is 22.3 Å². The number of nitrogens with one attached hydrogen (secondary N) is 4. The zero-order chi connectivity index (χ0) is 25.8. The second-order valence-corrected chi connectivity index (χ2v) is 7.77. The summed E-state index contributed by atoms with van der Waals surface area (Å²) in [7, 11) is 0. The van der Waals surface area contributed by atoms with Crippen LogP contribution in [0.5, 0.6) is 11.5 Å². The summed E-state index contributed by atoms with van der Waals surface area (Å²) in [6.45, 7) is 1.98. The van der Waals surface area contributed by atoms with Crippen molar-refractivity contribution in [3.8, 4) is 11.5 Å². The maximum Gasteiger partial charge on any atom is 0.408 e. The van der Waals surface area contributed by atoms with E-state index in [2.05, 4.69) is 26.3 Å². The predicted molar refractivity (Wildman–Crippen MR) is 130 cm³/mol. The number of rotatable bonds is 11. The van der Waals surface area contributed by atoms with Crippen LogP contribution in [0.15, 0.2) is 53.5 Å². The van der Waals surface area contributed by atoms with Gasteiger partial charge in [0, 0.05) is 25.7 Å². The first-order chi connectivity index (χ1) is 17.4. The number of amides is 2. The number of aliphatic imine (C=N–C) groups is 1. The number of phenolic OH excluding ortho intramolecular Hbond substituents is 1. The van der Waals surface area contributed by atoms with Crippen LogP contribution < -0.4 is 26.0 Å². The summed E-state index contributed by atoms with van der Waals surface area (Å²) >= 11 is 0. The quantitative estimate of drug-likeness (QED) is 0.245. The van der Waals surface area contributed by atoms with Crippen LogP contribution in [0.4, 0.5) is 4.79 Å². The molecule has 12 heteroatoms. The highest BCUT2D eigenvalue weighted by Gasteiger charge is 2.22. The summed E-state index contributed by atoms with van der Waals surface area (Å²) in [6, 6.07) is 11.6.